The lowest BCUT2D eigenvalue weighted by Gasteiger charge is -2.13. The Morgan fingerprint density at radius 3 is 2.75 bits per heavy atom. The monoisotopic (exact) mass is 248 g/mol. The molecule has 86 valence electrons. The summed E-state index contributed by atoms with van der Waals surface area (Å²) in [6, 6.07) is 4.80. The highest BCUT2D eigenvalue weighted by atomic mass is 35.5. The van der Waals surface area contributed by atoms with Crippen LogP contribution < -0.4 is 0 Å². The number of alkyl halides is 4. The molecule has 2 rings (SSSR count). The second-order valence-electron chi connectivity index (χ2n) is 3.31. The fraction of sp³-hybridized carbons (Fsp3) is 0.300. The predicted octanol–water partition coefficient (Wildman–Crippen LogP) is 3.13. The van der Waals surface area contributed by atoms with E-state index in [4.69, 9.17) is 11.6 Å². The minimum Gasteiger partial charge on any atom is -0.298 e. The van der Waals surface area contributed by atoms with Gasteiger partial charge in [-0.25, -0.2) is 9.37 Å². The molecule has 0 spiro atoms. The van der Waals surface area contributed by atoms with Crippen molar-refractivity contribution in [2.75, 3.05) is 6.67 Å². The average molecular weight is 249 g/mol. The van der Waals surface area contributed by atoms with Crippen LogP contribution in [0, 0.1) is 0 Å². The molecule has 0 aliphatic heterocycles. The zero-order valence-corrected chi connectivity index (χ0v) is 8.89. The van der Waals surface area contributed by atoms with Crippen molar-refractivity contribution >= 4 is 17.2 Å². The third-order valence-electron chi connectivity index (χ3n) is 2.24. The van der Waals surface area contributed by atoms with Gasteiger partial charge in [-0.2, -0.15) is 8.78 Å². The Kier molecular flexibility index (Phi) is 2.80. The van der Waals surface area contributed by atoms with Gasteiger partial charge in [0.15, 0.2) is 6.67 Å². The van der Waals surface area contributed by atoms with Gasteiger partial charge in [-0.3, -0.25) is 4.40 Å². The normalized spacial score (nSPS) is 12.2. The molecule has 0 saturated heterocycles. The maximum absolute atomic E-state index is 13.4. The quantitative estimate of drug-likeness (QED) is 0.763. The molecule has 0 fully saturated rings. The molecule has 0 unspecified atom stereocenters. The van der Waals surface area contributed by atoms with Crippen molar-refractivity contribution in [3.05, 3.63) is 35.8 Å². The van der Waals surface area contributed by atoms with E-state index < -0.39 is 18.3 Å². The molecule has 0 aliphatic carbocycles. The Hall–Kier alpha value is -1.23. The van der Waals surface area contributed by atoms with Gasteiger partial charge in [0.25, 0.3) is 0 Å². The molecule has 2 aromatic heterocycles. The summed E-state index contributed by atoms with van der Waals surface area (Å²) in [6.07, 6.45) is 1.41. The van der Waals surface area contributed by atoms with E-state index in [1.54, 1.807) is 18.2 Å². The maximum Gasteiger partial charge on any atom is 0.317 e. The summed E-state index contributed by atoms with van der Waals surface area (Å²) in [4.78, 5) is 3.93. The van der Waals surface area contributed by atoms with Crippen LogP contribution in [0.2, 0.25) is 0 Å². The molecule has 0 saturated carbocycles. The first kappa shape index (κ1) is 11.3. The van der Waals surface area contributed by atoms with E-state index in [0.29, 0.717) is 5.65 Å². The highest BCUT2D eigenvalue weighted by Gasteiger charge is 2.38. The van der Waals surface area contributed by atoms with Crippen LogP contribution >= 0.6 is 11.6 Å². The van der Waals surface area contributed by atoms with E-state index in [-0.39, 0.29) is 11.6 Å². The smallest absolute Gasteiger partial charge is 0.298 e. The summed E-state index contributed by atoms with van der Waals surface area (Å²) >= 11 is 5.53. The maximum atomic E-state index is 13.4. The number of hydrogen-bond acceptors (Lipinski definition) is 1. The van der Waals surface area contributed by atoms with Crippen molar-refractivity contribution in [1.82, 2.24) is 9.38 Å². The van der Waals surface area contributed by atoms with E-state index >= 15 is 0 Å². The molecule has 2 aromatic rings. The summed E-state index contributed by atoms with van der Waals surface area (Å²) in [6.45, 7) is -1.76. The lowest BCUT2D eigenvalue weighted by molar-refractivity contribution is -0.0335. The second kappa shape index (κ2) is 3.97. The molecular weight excluding hydrogens is 241 g/mol. The number of aromatic nitrogens is 2. The average Bonchev–Trinajstić information content (AvgIpc) is 2.67. The van der Waals surface area contributed by atoms with Crippen molar-refractivity contribution in [2.24, 2.45) is 0 Å². The summed E-state index contributed by atoms with van der Waals surface area (Å²) in [5.74, 6) is -3.74. The van der Waals surface area contributed by atoms with E-state index in [9.17, 15) is 13.2 Å². The highest BCUT2D eigenvalue weighted by Crippen LogP contribution is 2.32. The SMILES string of the molecule is FCC(F)(F)c1c(CCl)nc2ccccn12. The molecule has 0 N–H and O–H groups in total. The fourth-order valence-corrected chi connectivity index (χ4v) is 1.77. The molecule has 2 nitrogen and oxygen atoms in total. The molecular formula is C10H8ClF3N2. The Morgan fingerprint density at radius 1 is 1.38 bits per heavy atom. The Balaban J connectivity index is 2.74. The molecule has 16 heavy (non-hydrogen) atoms. The summed E-state index contributed by atoms with van der Waals surface area (Å²) in [5.41, 5.74) is -0.127. The summed E-state index contributed by atoms with van der Waals surface area (Å²) in [7, 11) is 0. The first-order chi connectivity index (χ1) is 7.60. The number of nitrogens with zero attached hydrogens (tertiary/aromatic N) is 2. The molecule has 0 atom stereocenters. The number of halogens is 4. The standard InChI is InChI=1S/C10H8ClF3N2/c11-5-7-9(10(13,14)6-12)16-4-2-1-3-8(16)15-7/h1-4H,5-6H2. The van der Waals surface area contributed by atoms with E-state index in [1.165, 1.54) is 6.20 Å². The molecule has 0 aliphatic rings. The van der Waals surface area contributed by atoms with Gasteiger partial charge < -0.3 is 0 Å². The number of pyridine rings is 1. The number of rotatable bonds is 3. The van der Waals surface area contributed by atoms with Gasteiger partial charge in [0.2, 0.25) is 0 Å². The van der Waals surface area contributed by atoms with Crippen LogP contribution in [0.1, 0.15) is 11.4 Å². The van der Waals surface area contributed by atoms with Crippen molar-refractivity contribution in [3.8, 4) is 0 Å². The van der Waals surface area contributed by atoms with Gasteiger partial charge in [0, 0.05) is 6.20 Å². The van der Waals surface area contributed by atoms with E-state index in [0.717, 1.165) is 4.40 Å². The second-order valence-corrected chi connectivity index (χ2v) is 3.57. The first-order valence-corrected chi connectivity index (χ1v) is 5.10. The van der Waals surface area contributed by atoms with Crippen LogP contribution in [0.4, 0.5) is 13.2 Å². The first-order valence-electron chi connectivity index (χ1n) is 4.56. The molecule has 2 heterocycles. The summed E-state index contributed by atoms with van der Waals surface area (Å²) < 4.78 is 40.3. The molecule has 0 aromatic carbocycles. The third kappa shape index (κ3) is 1.65. The largest absolute Gasteiger partial charge is 0.317 e. The van der Waals surface area contributed by atoms with E-state index in [1.807, 2.05) is 0 Å². The Morgan fingerprint density at radius 2 is 2.12 bits per heavy atom. The van der Waals surface area contributed by atoms with Gasteiger partial charge in [0.05, 0.1) is 11.6 Å². The number of hydrogen-bond donors (Lipinski definition) is 0. The fourth-order valence-electron chi connectivity index (χ4n) is 1.59. The molecule has 0 bridgehead atoms. The van der Waals surface area contributed by atoms with Crippen molar-refractivity contribution in [3.63, 3.8) is 0 Å². The Bertz CT molecular complexity index is 510. The van der Waals surface area contributed by atoms with Crippen LogP contribution in [-0.4, -0.2) is 16.1 Å². The Labute approximate surface area is 94.7 Å². The van der Waals surface area contributed by atoms with Crippen LogP contribution in [0.5, 0.6) is 0 Å². The van der Waals surface area contributed by atoms with Crippen molar-refractivity contribution in [1.29, 1.82) is 0 Å². The van der Waals surface area contributed by atoms with Crippen LogP contribution in [-0.2, 0) is 11.8 Å². The number of fused-ring (bicyclic) bond motifs is 1. The van der Waals surface area contributed by atoms with Crippen molar-refractivity contribution in [2.45, 2.75) is 11.8 Å². The van der Waals surface area contributed by atoms with E-state index in [2.05, 4.69) is 4.98 Å². The topological polar surface area (TPSA) is 17.3 Å². The molecule has 0 amide bonds. The van der Waals surface area contributed by atoms with Crippen LogP contribution in [0.25, 0.3) is 5.65 Å². The summed E-state index contributed by atoms with van der Waals surface area (Å²) in [5, 5.41) is 0. The lowest BCUT2D eigenvalue weighted by Crippen LogP contribution is -2.20. The number of imidazole rings is 1. The molecule has 6 heteroatoms. The lowest BCUT2D eigenvalue weighted by atomic mass is 10.2. The van der Waals surface area contributed by atoms with Crippen LogP contribution in [0.3, 0.4) is 0 Å². The predicted molar refractivity (Wildman–Crippen MR) is 54.6 cm³/mol. The third-order valence-corrected chi connectivity index (χ3v) is 2.50. The van der Waals surface area contributed by atoms with Crippen LogP contribution in [0.15, 0.2) is 24.4 Å². The van der Waals surface area contributed by atoms with Crippen molar-refractivity contribution < 1.29 is 13.2 Å². The minimum absolute atomic E-state index is 0.00974. The zero-order chi connectivity index (χ0) is 11.8. The van der Waals surface area contributed by atoms with Gasteiger partial charge in [0.1, 0.15) is 11.3 Å². The van der Waals surface area contributed by atoms with Gasteiger partial charge in [-0.15, -0.1) is 11.6 Å². The van der Waals surface area contributed by atoms with Gasteiger partial charge >= 0.3 is 5.92 Å². The van der Waals surface area contributed by atoms with Gasteiger partial charge in [-0.05, 0) is 12.1 Å². The molecule has 0 radical (unpaired) electrons. The minimum atomic E-state index is -3.56. The van der Waals surface area contributed by atoms with Gasteiger partial charge in [-0.1, -0.05) is 6.07 Å². The highest BCUT2D eigenvalue weighted by molar-refractivity contribution is 6.17. The zero-order valence-electron chi connectivity index (χ0n) is 8.13.